The first-order valence-electron chi connectivity index (χ1n) is 7.24. The molecule has 1 aliphatic rings. The second-order valence-corrected chi connectivity index (χ2v) is 6.02. The summed E-state index contributed by atoms with van der Waals surface area (Å²) in [4.78, 5) is 14.6. The number of piperazine rings is 1. The first kappa shape index (κ1) is 15.5. The molecule has 5 heteroatoms. The van der Waals surface area contributed by atoms with Gasteiger partial charge in [0.25, 0.3) is 0 Å². The average Bonchev–Trinajstić information content (AvgIpc) is 2.48. The predicted molar refractivity (Wildman–Crippen MR) is 82.7 cm³/mol. The number of carbonyl (C=O) groups is 1. The zero-order chi connectivity index (χ0) is 15.3. The first-order chi connectivity index (χ1) is 10.0. The minimum Gasteiger partial charge on any atom is -0.326 e. The van der Waals surface area contributed by atoms with E-state index in [2.05, 4.69) is 21.6 Å². The van der Waals surface area contributed by atoms with Crippen LogP contribution in [0.25, 0.3) is 0 Å². The zero-order valence-electron chi connectivity index (χ0n) is 12.6. The average molecular weight is 286 g/mol. The van der Waals surface area contributed by atoms with Gasteiger partial charge >= 0.3 is 0 Å². The van der Waals surface area contributed by atoms with Crippen LogP contribution in [0.15, 0.2) is 30.3 Å². The molecule has 1 amide bonds. The van der Waals surface area contributed by atoms with Crippen LogP contribution in [0.1, 0.15) is 13.8 Å². The minimum atomic E-state index is -0.553. The Bertz CT molecular complexity index is 521. The number of amides is 1. The van der Waals surface area contributed by atoms with Gasteiger partial charge in [-0.1, -0.05) is 18.2 Å². The fourth-order valence-corrected chi connectivity index (χ4v) is 2.46. The molecule has 5 nitrogen and oxygen atoms in total. The molecule has 112 valence electrons. The summed E-state index contributed by atoms with van der Waals surface area (Å²) in [6.45, 7) is 6.72. The number of hydrogen-bond donors (Lipinski definition) is 2. The molecule has 0 aliphatic carbocycles. The van der Waals surface area contributed by atoms with E-state index in [9.17, 15) is 10.1 Å². The van der Waals surface area contributed by atoms with Gasteiger partial charge in [-0.3, -0.25) is 9.69 Å². The van der Waals surface area contributed by atoms with Gasteiger partial charge in [-0.25, -0.2) is 0 Å². The maximum atomic E-state index is 12.5. The summed E-state index contributed by atoms with van der Waals surface area (Å²) < 4.78 is 0. The minimum absolute atomic E-state index is 0.0241. The van der Waals surface area contributed by atoms with E-state index >= 15 is 0 Å². The van der Waals surface area contributed by atoms with E-state index in [0.29, 0.717) is 13.1 Å². The maximum absolute atomic E-state index is 12.5. The fraction of sp³-hybridized carbons (Fsp3) is 0.500. The van der Waals surface area contributed by atoms with Crippen LogP contribution in [-0.4, -0.2) is 43.0 Å². The van der Waals surface area contributed by atoms with Crippen molar-refractivity contribution >= 4 is 11.6 Å². The van der Waals surface area contributed by atoms with E-state index in [0.717, 1.165) is 18.8 Å². The molecule has 0 bridgehead atoms. The maximum Gasteiger partial charge on any atom is 0.231 e. The van der Waals surface area contributed by atoms with Gasteiger partial charge in [0.15, 0.2) is 0 Å². The highest BCUT2D eigenvalue weighted by molar-refractivity contribution is 5.94. The van der Waals surface area contributed by atoms with Gasteiger partial charge < -0.3 is 10.6 Å². The second kappa shape index (κ2) is 6.70. The largest absolute Gasteiger partial charge is 0.326 e. The molecule has 1 fully saturated rings. The third-order valence-electron chi connectivity index (χ3n) is 3.75. The highest BCUT2D eigenvalue weighted by atomic mass is 16.2. The van der Waals surface area contributed by atoms with Gasteiger partial charge in [0, 0.05) is 31.9 Å². The second-order valence-electron chi connectivity index (χ2n) is 6.02. The number of anilines is 1. The van der Waals surface area contributed by atoms with E-state index in [4.69, 9.17) is 0 Å². The van der Waals surface area contributed by atoms with Crippen molar-refractivity contribution in [2.45, 2.75) is 19.9 Å². The number of hydrogen-bond acceptors (Lipinski definition) is 4. The molecule has 0 aromatic heterocycles. The third kappa shape index (κ3) is 4.03. The van der Waals surface area contributed by atoms with Crippen molar-refractivity contribution < 1.29 is 4.79 Å². The number of nitrogens with zero attached hydrogens (tertiary/aromatic N) is 2. The van der Waals surface area contributed by atoms with Crippen molar-refractivity contribution in [1.82, 2.24) is 10.2 Å². The van der Waals surface area contributed by atoms with Crippen LogP contribution < -0.4 is 10.6 Å². The zero-order valence-corrected chi connectivity index (χ0v) is 12.6. The van der Waals surface area contributed by atoms with Crippen LogP contribution in [0, 0.1) is 16.7 Å². The number of nitriles is 1. The molecule has 0 saturated carbocycles. The standard InChI is InChI=1S/C16H22N4O/c1-16(2,12-20-9-8-18-11-14(20)10-17)15(21)19-13-6-4-3-5-7-13/h3-7,14,18H,8-9,11-12H2,1-2H3,(H,19,21). The van der Waals surface area contributed by atoms with Crippen molar-refractivity contribution in [2.24, 2.45) is 5.41 Å². The van der Waals surface area contributed by atoms with Gasteiger partial charge in [0.2, 0.25) is 5.91 Å². The van der Waals surface area contributed by atoms with E-state index in [1.807, 2.05) is 44.2 Å². The summed E-state index contributed by atoms with van der Waals surface area (Å²) in [5.41, 5.74) is 0.246. The number of nitrogens with one attached hydrogen (secondary N) is 2. The SMILES string of the molecule is CC(C)(CN1CCNCC1C#N)C(=O)Nc1ccccc1. The van der Waals surface area contributed by atoms with Crippen molar-refractivity contribution in [3.8, 4) is 6.07 Å². The Morgan fingerprint density at radius 3 is 2.86 bits per heavy atom. The Labute approximate surface area is 125 Å². The lowest BCUT2D eigenvalue weighted by molar-refractivity contribution is -0.125. The lowest BCUT2D eigenvalue weighted by Crippen LogP contribution is -2.54. The molecule has 1 unspecified atom stereocenters. The molecule has 0 spiro atoms. The summed E-state index contributed by atoms with van der Waals surface area (Å²) in [5.74, 6) is -0.0241. The Morgan fingerprint density at radius 2 is 2.19 bits per heavy atom. The molecule has 2 N–H and O–H groups in total. The topological polar surface area (TPSA) is 68.2 Å². The van der Waals surface area contributed by atoms with Crippen LogP contribution in [0.2, 0.25) is 0 Å². The smallest absolute Gasteiger partial charge is 0.231 e. The highest BCUT2D eigenvalue weighted by Crippen LogP contribution is 2.22. The van der Waals surface area contributed by atoms with Crippen LogP contribution in [-0.2, 0) is 4.79 Å². The lowest BCUT2D eigenvalue weighted by atomic mass is 9.90. The number of benzene rings is 1. The lowest BCUT2D eigenvalue weighted by Gasteiger charge is -2.37. The van der Waals surface area contributed by atoms with Crippen molar-refractivity contribution in [3.05, 3.63) is 30.3 Å². The highest BCUT2D eigenvalue weighted by Gasteiger charge is 2.33. The molecule has 0 radical (unpaired) electrons. The molecule has 1 saturated heterocycles. The van der Waals surface area contributed by atoms with Crippen LogP contribution in [0.5, 0.6) is 0 Å². The molecule has 21 heavy (non-hydrogen) atoms. The molecule has 1 heterocycles. The summed E-state index contributed by atoms with van der Waals surface area (Å²) >= 11 is 0. The van der Waals surface area contributed by atoms with Gasteiger partial charge in [0.1, 0.15) is 6.04 Å². The van der Waals surface area contributed by atoms with Gasteiger partial charge in [-0.05, 0) is 26.0 Å². The number of rotatable bonds is 4. The summed E-state index contributed by atoms with van der Waals surface area (Å²) in [5, 5.41) is 15.3. The monoisotopic (exact) mass is 286 g/mol. The molecule has 1 aromatic carbocycles. The van der Waals surface area contributed by atoms with Crippen LogP contribution in [0.3, 0.4) is 0 Å². The van der Waals surface area contributed by atoms with Crippen LogP contribution >= 0.6 is 0 Å². The molecular weight excluding hydrogens is 264 g/mol. The van der Waals surface area contributed by atoms with Crippen molar-refractivity contribution in [1.29, 1.82) is 5.26 Å². The molecule has 1 aliphatic heterocycles. The predicted octanol–water partition coefficient (Wildman–Crippen LogP) is 1.45. The van der Waals surface area contributed by atoms with E-state index in [-0.39, 0.29) is 11.9 Å². The normalized spacial score (nSPS) is 19.8. The van der Waals surface area contributed by atoms with Gasteiger partial charge in [-0.15, -0.1) is 0 Å². The molecular formula is C16H22N4O. The Balaban J connectivity index is 2.00. The summed E-state index contributed by atoms with van der Waals surface area (Å²) in [6, 6.07) is 11.6. The van der Waals surface area contributed by atoms with Gasteiger partial charge in [-0.2, -0.15) is 5.26 Å². The number of para-hydroxylation sites is 1. The number of carbonyl (C=O) groups excluding carboxylic acids is 1. The fourth-order valence-electron chi connectivity index (χ4n) is 2.46. The molecule has 1 atom stereocenters. The van der Waals surface area contributed by atoms with E-state index in [1.54, 1.807) is 0 Å². The Morgan fingerprint density at radius 1 is 1.48 bits per heavy atom. The Hall–Kier alpha value is -1.90. The molecule has 2 rings (SSSR count). The van der Waals surface area contributed by atoms with Crippen molar-refractivity contribution in [2.75, 3.05) is 31.5 Å². The van der Waals surface area contributed by atoms with Crippen molar-refractivity contribution in [3.63, 3.8) is 0 Å². The third-order valence-corrected chi connectivity index (χ3v) is 3.75. The molecule has 1 aromatic rings. The Kier molecular flexibility index (Phi) is 4.94. The summed E-state index contributed by atoms with van der Waals surface area (Å²) in [7, 11) is 0. The summed E-state index contributed by atoms with van der Waals surface area (Å²) in [6.07, 6.45) is 0. The van der Waals surface area contributed by atoms with E-state index in [1.165, 1.54) is 0 Å². The first-order valence-corrected chi connectivity index (χ1v) is 7.24. The van der Waals surface area contributed by atoms with Crippen LogP contribution in [0.4, 0.5) is 5.69 Å². The van der Waals surface area contributed by atoms with E-state index < -0.39 is 5.41 Å². The quantitative estimate of drug-likeness (QED) is 0.879. The van der Waals surface area contributed by atoms with Gasteiger partial charge in [0.05, 0.1) is 11.5 Å².